The van der Waals surface area contributed by atoms with E-state index in [9.17, 15) is 9.18 Å². The molecule has 6 nitrogen and oxygen atoms in total. The summed E-state index contributed by atoms with van der Waals surface area (Å²) in [6.07, 6.45) is 2.87. The van der Waals surface area contributed by atoms with Gasteiger partial charge in [-0.25, -0.2) is 0 Å². The number of fused-ring (bicyclic) bond motifs is 1. The molecule has 1 heterocycles. The van der Waals surface area contributed by atoms with Gasteiger partial charge in [-0.05, 0) is 17.7 Å². The fraction of sp³-hybridized carbons (Fsp3) is 0.458. The molecule has 8 heteroatoms. The van der Waals surface area contributed by atoms with Gasteiger partial charge in [-0.3, -0.25) is 0 Å². The van der Waals surface area contributed by atoms with E-state index >= 15 is 0 Å². The van der Waals surface area contributed by atoms with E-state index in [1.807, 2.05) is 6.07 Å². The number of nitrogens with zero attached hydrogens (tertiary/aromatic N) is 1. The molecule has 0 saturated carbocycles. The van der Waals surface area contributed by atoms with Crippen LogP contribution in [0.25, 0.3) is 0 Å². The summed E-state index contributed by atoms with van der Waals surface area (Å²) in [5.41, 5.74) is 3.07. The van der Waals surface area contributed by atoms with Crippen molar-refractivity contribution in [3.63, 3.8) is 0 Å². The SMILES string of the molecule is COc1cc2c(cc1OC)CN(CCCCNC(=O)c1cc([211At])ccc1OCCF)CC2. The zero-order chi connectivity index (χ0) is 22.9. The van der Waals surface area contributed by atoms with Gasteiger partial charge >= 0.3 is 152 Å². The number of amides is 1. The predicted molar refractivity (Wildman–Crippen MR) is 118 cm³/mol. The fourth-order valence-electron chi connectivity index (χ4n) is 3.84. The van der Waals surface area contributed by atoms with E-state index < -0.39 is 6.67 Å². The summed E-state index contributed by atoms with van der Waals surface area (Å²) in [4.78, 5) is 15.0. The number of methoxy groups -OCH3 is 2. The third-order valence-corrected chi connectivity index (χ3v) is 6.42. The van der Waals surface area contributed by atoms with E-state index in [0.29, 0.717) is 17.9 Å². The molecule has 2 aromatic carbocycles. The summed E-state index contributed by atoms with van der Waals surface area (Å²) in [5, 5.41) is 2.97. The summed E-state index contributed by atoms with van der Waals surface area (Å²) in [6.45, 7) is 2.83. The molecule has 2 aromatic rings. The van der Waals surface area contributed by atoms with Gasteiger partial charge in [0.25, 0.3) is 0 Å². The number of benzene rings is 2. The van der Waals surface area contributed by atoms with Crippen LogP contribution in [0.15, 0.2) is 30.3 Å². The number of ether oxygens (including phenoxy) is 3. The molecule has 1 aliphatic rings. The number of nitrogens with one attached hydrogen (secondary N) is 1. The number of halogens is 1. The van der Waals surface area contributed by atoms with E-state index in [-0.39, 0.29) is 12.5 Å². The van der Waals surface area contributed by atoms with Crippen molar-refractivity contribution in [2.75, 3.05) is 47.1 Å². The van der Waals surface area contributed by atoms with Gasteiger partial charge < -0.3 is 9.47 Å². The van der Waals surface area contributed by atoms with Gasteiger partial charge in [0.05, 0.1) is 14.2 Å². The Hall–Kier alpha value is -1.92. The molecule has 32 heavy (non-hydrogen) atoms. The molecule has 1 N–H and O–H groups in total. The van der Waals surface area contributed by atoms with Crippen LogP contribution in [0.4, 0.5) is 4.39 Å². The standard InChI is InChI=1S/C24H30AtFN2O4/c1-30-22-13-17-7-11-28(16-18(17)14-23(22)31-2)10-4-3-9-27-24(29)20-15-19(25)5-6-21(20)32-12-8-26/h5-6,13-15H,3-4,7-12,16H2,1-2H3,(H,27,29)/i25+1. The van der Waals surface area contributed by atoms with Crippen molar-refractivity contribution in [1.29, 1.82) is 0 Å². The molecular formula is C24H30AtFN2O4. The van der Waals surface area contributed by atoms with Gasteiger partial charge in [0.15, 0.2) is 11.5 Å². The Labute approximate surface area is 204 Å². The quantitative estimate of drug-likeness (QED) is 0.384. The van der Waals surface area contributed by atoms with Crippen LogP contribution in [0.3, 0.4) is 0 Å². The number of alkyl halides is 1. The molecule has 174 valence electrons. The molecule has 1 amide bonds. The molecule has 0 fully saturated rings. The number of carbonyl (C=O) groups excluding carboxylic acids is 1. The molecule has 0 bridgehead atoms. The minimum absolute atomic E-state index is 0.0501. The Morgan fingerprint density at radius 2 is 1.84 bits per heavy atom. The van der Waals surface area contributed by atoms with Crippen LogP contribution >= 0.6 is 0 Å². The third kappa shape index (κ3) is 6.55. The predicted octanol–water partition coefficient (Wildman–Crippen LogP) is 2.80. The van der Waals surface area contributed by atoms with E-state index in [1.54, 1.807) is 26.4 Å². The zero-order valence-corrected chi connectivity index (χ0v) is 21.5. The second kappa shape index (κ2) is 12.4. The Bertz CT molecular complexity index is 925. The maximum atomic E-state index is 12.6. The monoisotopic (exact) mass is 640 g/mol. The van der Waals surface area contributed by atoms with Gasteiger partial charge in [0, 0.05) is 0 Å². The Balaban J connectivity index is 1.45. The maximum absolute atomic E-state index is 12.6. The number of rotatable bonds is 11. The molecule has 0 saturated heterocycles. The second-order valence-electron chi connectivity index (χ2n) is 7.64. The van der Waals surface area contributed by atoms with Crippen LogP contribution in [-0.4, -0.2) is 57.9 Å². The van der Waals surface area contributed by atoms with E-state index in [2.05, 4.69) is 22.3 Å². The first-order valence-electron chi connectivity index (χ1n) is 10.8. The van der Waals surface area contributed by atoms with Crippen molar-refractivity contribution < 1.29 is 48.1 Å². The van der Waals surface area contributed by atoms with Crippen molar-refractivity contribution in [2.45, 2.75) is 25.8 Å². The molecule has 0 radical (unpaired) electrons. The Kier molecular flexibility index (Phi) is 9.55. The number of hydrogen-bond acceptors (Lipinski definition) is 5. The number of unbranched alkanes of at least 4 members (excludes halogenated alkanes) is 1. The van der Waals surface area contributed by atoms with Gasteiger partial charge in [-0.2, -0.15) is 0 Å². The second-order valence-corrected chi connectivity index (χ2v) is 9.34. The average molecular weight is 640 g/mol. The summed E-state index contributed by atoms with van der Waals surface area (Å²) in [7, 11) is 3.32. The van der Waals surface area contributed by atoms with Crippen molar-refractivity contribution in [1.82, 2.24) is 10.2 Å². The number of carbonyl (C=O) groups is 1. The molecule has 1 aliphatic heterocycles. The summed E-state index contributed by atoms with van der Waals surface area (Å²) < 4.78 is 29.7. The van der Waals surface area contributed by atoms with Gasteiger partial charge in [-0.1, -0.05) is 0 Å². The van der Waals surface area contributed by atoms with E-state index in [1.165, 1.54) is 35.8 Å². The van der Waals surface area contributed by atoms with Crippen LogP contribution in [0.1, 0.15) is 34.3 Å². The van der Waals surface area contributed by atoms with Crippen molar-refractivity contribution in [2.24, 2.45) is 0 Å². The van der Waals surface area contributed by atoms with Crippen LogP contribution in [0, 0.1) is 24.7 Å². The molecule has 0 aliphatic carbocycles. The van der Waals surface area contributed by atoms with Crippen LogP contribution < -0.4 is 22.8 Å². The summed E-state index contributed by atoms with van der Waals surface area (Å²) >= 11 is 1.48. The van der Waals surface area contributed by atoms with Gasteiger partial charge in [0.1, 0.15) is 0 Å². The normalized spacial score (nSPS) is 13.4. The molecule has 0 aromatic heterocycles. The third-order valence-electron chi connectivity index (χ3n) is 5.50. The van der Waals surface area contributed by atoms with Crippen LogP contribution in [0.5, 0.6) is 17.2 Å². The van der Waals surface area contributed by atoms with E-state index in [0.717, 1.165) is 53.7 Å². The first-order valence-corrected chi connectivity index (χ1v) is 12.2. The molecular weight excluding hydrogens is 610 g/mol. The minimum atomic E-state index is -0.584. The van der Waals surface area contributed by atoms with Crippen LogP contribution in [-0.2, 0) is 13.0 Å². The first kappa shape index (κ1) is 24.7. The summed E-state index contributed by atoms with van der Waals surface area (Å²) in [5.74, 6) is 1.80. The first-order chi connectivity index (χ1) is 15.5. The molecule has 0 spiro atoms. The fourth-order valence-corrected chi connectivity index (χ4v) is 4.51. The van der Waals surface area contributed by atoms with Crippen molar-refractivity contribution in [3.05, 3.63) is 47.0 Å². The zero-order valence-electron chi connectivity index (χ0n) is 18.6. The van der Waals surface area contributed by atoms with E-state index in [4.69, 9.17) is 14.2 Å². The van der Waals surface area contributed by atoms with Gasteiger partial charge in [0.2, 0.25) is 0 Å². The topological polar surface area (TPSA) is 60.0 Å². The number of hydrogen-bond donors (Lipinski definition) is 1. The summed E-state index contributed by atoms with van der Waals surface area (Å²) in [6, 6.07) is 9.57. The Morgan fingerprint density at radius 1 is 1.09 bits per heavy atom. The van der Waals surface area contributed by atoms with Gasteiger partial charge in [-0.15, -0.1) is 0 Å². The molecule has 0 atom stereocenters. The Morgan fingerprint density at radius 3 is 2.56 bits per heavy atom. The van der Waals surface area contributed by atoms with Crippen molar-refractivity contribution in [3.8, 4) is 17.2 Å². The molecule has 3 rings (SSSR count). The average Bonchev–Trinajstić information content (AvgIpc) is 2.81. The van der Waals surface area contributed by atoms with Crippen LogP contribution in [0.2, 0.25) is 0 Å². The molecule has 0 unspecified atom stereocenters. The van der Waals surface area contributed by atoms with Crippen molar-refractivity contribution >= 4 is 9.18 Å².